The van der Waals surface area contributed by atoms with Gasteiger partial charge in [0.1, 0.15) is 11.7 Å². The van der Waals surface area contributed by atoms with Crippen molar-refractivity contribution in [1.29, 1.82) is 0 Å². The van der Waals surface area contributed by atoms with Crippen LogP contribution >= 0.6 is 0 Å². The highest BCUT2D eigenvalue weighted by Crippen LogP contribution is 2.26. The van der Waals surface area contributed by atoms with Crippen LogP contribution < -0.4 is 5.32 Å². The first-order valence-electron chi connectivity index (χ1n) is 4.88. The van der Waals surface area contributed by atoms with Crippen LogP contribution in [0, 0.1) is 17.8 Å². The first-order chi connectivity index (χ1) is 6.07. The zero-order chi connectivity index (χ0) is 10.0. The lowest BCUT2D eigenvalue weighted by Crippen LogP contribution is -2.29. The van der Waals surface area contributed by atoms with E-state index in [4.69, 9.17) is 0 Å². The van der Waals surface area contributed by atoms with E-state index in [-0.39, 0.29) is 23.5 Å². The van der Waals surface area contributed by atoms with Gasteiger partial charge < -0.3 is 5.32 Å². The normalized spacial score (nSPS) is 27.8. The molecule has 1 unspecified atom stereocenters. The number of nitrogens with one attached hydrogen (secondary N) is 1. The lowest BCUT2D eigenvalue weighted by Gasteiger charge is -2.18. The van der Waals surface area contributed by atoms with Gasteiger partial charge in [-0.3, -0.25) is 9.59 Å². The average Bonchev–Trinajstić information content (AvgIpc) is 2.46. The van der Waals surface area contributed by atoms with Crippen molar-refractivity contribution in [3.63, 3.8) is 0 Å². The smallest absolute Gasteiger partial charge is 0.230 e. The molecule has 3 heteroatoms. The molecule has 0 aromatic heterocycles. The minimum atomic E-state index is -0.384. The van der Waals surface area contributed by atoms with Gasteiger partial charge in [0.05, 0.1) is 0 Å². The molecule has 0 saturated carbocycles. The summed E-state index contributed by atoms with van der Waals surface area (Å²) in [4.78, 5) is 22.8. The fraction of sp³-hybridized carbons (Fsp3) is 0.800. The number of hydrogen-bond acceptors (Lipinski definition) is 2. The van der Waals surface area contributed by atoms with Gasteiger partial charge in [0, 0.05) is 13.0 Å². The molecule has 2 atom stereocenters. The molecule has 0 aliphatic carbocycles. The standard InChI is InChI=1S/C10H17NO2/c1-4-8(12)9-7(6(2)3)5-11-10(9)13/h6-7,9H,4-5H2,1-3H3,(H,11,13)/t7?,9-/m1/s1. The summed E-state index contributed by atoms with van der Waals surface area (Å²) in [7, 11) is 0. The molecule has 0 aromatic carbocycles. The van der Waals surface area contributed by atoms with E-state index < -0.39 is 0 Å². The summed E-state index contributed by atoms with van der Waals surface area (Å²) >= 11 is 0. The summed E-state index contributed by atoms with van der Waals surface area (Å²) < 4.78 is 0. The van der Waals surface area contributed by atoms with Gasteiger partial charge in [-0.15, -0.1) is 0 Å². The van der Waals surface area contributed by atoms with Crippen LogP contribution in [0.5, 0.6) is 0 Å². The highest BCUT2D eigenvalue weighted by atomic mass is 16.2. The second kappa shape index (κ2) is 3.90. The number of hydrogen-bond donors (Lipinski definition) is 1. The van der Waals surface area contributed by atoms with E-state index in [1.807, 2.05) is 6.92 Å². The zero-order valence-electron chi connectivity index (χ0n) is 8.46. The van der Waals surface area contributed by atoms with Crippen LogP contribution in [0.3, 0.4) is 0 Å². The summed E-state index contributed by atoms with van der Waals surface area (Å²) in [5.41, 5.74) is 0. The largest absolute Gasteiger partial charge is 0.355 e. The van der Waals surface area contributed by atoms with Crippen molar-refractivity contribution < 1.29 is 9.59 Å². The highest BCUT2D eigenvalue weighted by molar-refractivity contribution is 6.02. The van der Waals surface area contributed by atoms with Gasteiger partial charge in [-0.2, -0.15) is 0 Å². The third-order valence-corrected chi connectivity index (χ3v) is 2.77. The Hall–Kier alpha value is -0.860. The van der Waals surface area contributed by atoms with Crippen LogP contribution in [0.2, 0.25) is 0 Å². The molecule has 1 saturated heterocycles. The van der Waals surface area contributed by atoms with Gasteiger partial charge in [0.25, 0.3) is 0 Å². The van der Waals surface area contributed by atoms with Gasteiger partial charge in [-0.1, -0.05) is 20.8 Å². The number of ketones is 1. The van der Waals surface area contributed by atoms with E-state index in [0.29, 0.717) is 18.9 Å². The van der Waals surface area contributed by atoms with E-state index >= 15 is 0 Å². The number of Topliss-reactive ketones (excluding diaryl/α,β-unsaturated/α-hetero) is 1. The fourth-order valence-electron chi connectivity index (χ4n) is 1.87. The summed E-state index contributed by atoms with van der Waals surface area (Å²) in [5, 5.41) is 2.76. The van der Waals surface area contributed by atoms with E-state index in [0.717, 1.165) is 0 Å². The lowest BCUT2D eigenvalue weighted by molar-refractivity contribution is -0.133. The Bertz CT molecular complexity index is 223. The average molecular weight is 183 g/mol. The molecule has 0 spiro atoms. The van der Waals surface area contributed by atoms with Crippen molar-refractivity contribution in [1.82, 2.24) is 5.32 Å². The van der Waals surface area contributed by atoms with E-state index in [1.165, 1.54) is 0 Å². The van der Waals surface area contributed by atoms with Crippen LogP contribution in [0.4, 0.5) is 0 Å². The Morgan fingerprint density at radius 2 is 2.23 bits per heavy atom. The molecule has 1 rings (SSSR count). The quantitative estimate of drug-likeness (QED) is 0.663. The van der Waals surface area contributed by atoms with Crippen LogP contribution in [-0.4, -0.2) is 18.2 Å². The minimum Gasteiger partial charge on any atom is -0.355 e. The summed E-state index contributed by atoms with van der Waals surface area (Å²) in [6.07, 6.45) is 0.460. The van der Waals surface area contributed by atoms with Crippen LogP contribution in [-0.2, 0) is 9.59 Å². The van der Waals surface area contributed by atoms with Crippen molar-refractivity contribution in [2.45, 2.75) is 27.2 Å². The van der Waals surface area contributed by atoms with Crippen LogP contribution in [0.15, 0.2) is 0 Å². The number of carbonyl (C=O) groups excluding carboxylic acids is 2. The number of carbonyl (C=O) groups is 2. The molecule has 1 amide bonds. The second-order valence-corrected chi connectivity index (χ2v) is 3.95. The van der Waals surface area contributed by atoms with E-state index in [1.54, 1.807) is 0 Å². The Labute approximate surface area is 78.9 Å². The predicted octanol–water partition coefficient (Wildman–Crippen LogP) is 0.984. The molecule has 1 heterocycles. The molecule has 13 heavy (non-hydrogen) atoms. The molecule has 1 N–H and O–H groups in total. The van der Waals surface area contributed by atoms with Crippen LogP contribution in [0.25, 0.3) is 0 Å². The molecule has 3 nitrogen and oxygen atoms in total. The maximum absolute atomic E-state index is 11.5. The Kier molecular flexibility index (Phi) is 3.07. The van der Waals surface area contributed by atoms with Gasteiger partial charge >= 0.3 is 0 Å². The Balaban J connectivity index is 2.77. The minimum absolute atomic E-state index is 0.0775. The molecule has 1 aliphatic heterocycles. The lowest BCUT2D eigenvalue weighted by atomic mass is 9.82. The summed E-state index contributed by atoms with van der Waals surface area (Å²) in [5.74, 6) is 0.198. The molecular formula is C10H17NO2. The predicted molar refractivity (Wildman–Crippen MR) is 50.1 cm³/mol. The first-order valence-corrected chi connectivity index (χ1v) is 4.88. The summed E-state index contributed by atoms with van der Waals surface area (Å²) in [6, 6.07) is 0. The number of rotatable bonds is 3. The van der Waals surface area contributed by atoms with Crippen LogP contribution in [0.1, 0.15) is 27.2 Å². The Morgan fingerprint density at radius 3 is 2.69 bits per heavy atom. The molecular weight excluding hydrogens is 166 g/mol. The Morgan fingerprint density at radius 1 is 1.62 bits per heavy atom. The topological polar surface area (TPSA) is 46.2 Å². The summed E-state index contributed by atoms with van der Waals surface area (Å²) in [6.45, 7) is 6.58. The van der Waals surface area contributed by atoms with E-state index in [9.17, 15) is 9.59 Å². The fourth-order valence-corrected chi connectivity index (χ4v) is 1.87. The van der Waals surface area contributed by atoms with Crippen molar-refractivity contribution in [2.24, 2.45) is 17.8 Å². The van der Waals surface area contributed by atoms with Crippen molar-refractivity contribution in [3.8, 4) is 0 Å². The van der Waals surface area contributed by atoms with Gasteiger partial charge in [0.2, 0.25) is 5.91 Å². The second-order valence-electron chi connectivity index (χ2n) is 3.95. The molecule has 0 bridgehead atoms. The number of amides is 1. The monoisotopic (exact) mass is 183 g/mol. The third-order valence-electron chi connectivity index (χ3n) is 2.77. The third kappa shape index (κ3) is 1.90. The maximum Gasteiger partial charge on any atom is 0.230 e. The van der Waals surface area contributed by atoms with E-state index in [2.05, 4.69) is 19.2 Å². The first kappa shape index (κ1) is 10.2. The van der Waals surface area contributed by atoms with Gasteiger partial charge in [-0.25, -0.2) is 0 Å². The van der Waals surface area contributed by atoms with Gasteiger partial charge in [0.15, 0.2) is 0 Å². The zero-order valence-corrected chi connectivity index (χ0v) is 8.46. The molecule has 1 fully saturated rings. The van der Waals surface area contributed by atoms with Crippen molar-refractivity contribution >= 4 is 11.7 Å². The van der Waals surface area contributed by atoms with Crippen molar-refractivity contribution in [2.75, 3.05) is 6.54 Å². The maximum atomic E-state index is 11.5. The molecule has 0 radical (unpaired) electrons. The highest BCUT2D eigenvalue weighted by Gasteiger charge is 2.40. The molecule has 1 aliphatic rings. The molecule has 0 aromatic rings. The molecule has 74 valence electrons. The SMILES string of the molecule is CCC(=O)[C@@H]1C(=O)NCC1C(C)C. The van der Waals surface area contributed by atoms with Crippen molar-refractivity contribution in [3.05, 3.63) is 0 Å². The van der Waals surface area contributed by atoms with Gasteiger partial charge in [-0.05, 0) is 11.8 Å².